The molecule has 1 heterocycles. The topological polar surface area (TPSA) is 41.6 Å². The molecule has 0 atom stereocenters. The van der Waals surface area contributed by atoms with Crippen molar-refractivity contribution in [3.05, 3.63) is 0 Å². The summed E-state index contributed by atoms with van der Waals surface area (Å²) in [4.78, 5) is 13.6. The molecule has 130 valence electrons. The lowest BCUT2D eigenvalue weighted by Gasteiger charge is -2.35. The Kier molecular flexibility index (Phi) is 7.69. The molecule has 22 heavy (non-hydrogen) atoms. The fourth-order valence-electron chi connectivity index (χ4n) is 2.72. The van der Waals surface area contributed by atoms with Crippen molar-refractivity contribution < 1.29 is 18.3 Å². The normalized spacial score (nSPS) is 18.2. The Morgan fingerprint density at radius 2 is 1.86 bits per heavy atom. The van der Waals surface area contributed by atoms with E-state index < -0.39 is 11.8 Å². The van der Waals surface area contributed by atoms with Crippen molar-refractivity contribution >= 4 is 5.91 Å². The lowest BCUT2D eigenvalue weighted by molar-refractivity contribution is -0.124. The predicted molar refractivity (Wildman–Crippen MR) is 83.1 cm³/mol. The summed E-state index contributed by atoms with van der Waals surface area (Å²) in [6.07, 6.45) is 0.633. The molecule has 0 aromatic heterocycles. The van der Waals surface area contributed by atoms with Gasteiger partial charge in [-0.3, -0.25) is 9.69 Å². The minimum Gasteiger partial charge on any atom is -0.379 e. The van der Waals surface area contributed by atoms with Gasteiger partial charge >= 0.3 is 0 Å². The van der Waals surface area contributed by atoms with Gasteiger partial charge in [0.15, 0.2) is 0 Å². The molecule has 0 aromatic rings. The van der Waals surface area contributed by atoms with Crippen LogP contribution in [0.15, 0.2) is 0 Å². The van der Waals surface area contributed by atoms with Gasteiger partial charge in [0.05, 0.1) is 19.3 Å². The first-order valence-corrected chi connectivity index (χ1v) is 8.22. The van der Waals surface area contributed by atoms with Crippen molar-refractivity contribution in [1.29, 1.82) is 0 Å². The number of nitrogens with zero attached hydrogens (tertiary/aromatic N) is 1. The van der Waals surface area contributed by atoms with Crippen LogP contribution in [-0.4, -0.2) is 55.1 Å². The van der Waals surface area contributed by atoms with E-state index in [-0.39, 0.29) is 31.1 Å². The molecule has 1 fully saturated rings. The number of nitrogens with one attached hydrogen (secondary N) is 1. The van der Waals surface area contributed by atoms with Gasteiger partial charge in [0, 0.05) is 18.4 Å². The average molecular weight is 320 g/mol. The lowest BCUT2D eigenvalue weighted by atomic mass is 9.89. The Morgan fingerprint density at radius 3 is 2.36 bits per heavy atom. The maximum atomic E-state index is 14.1. The molecule has 0 radical (unpaired) electrons. The maximum Gasteiger partial charge on any atom is 0.253 e. The number of piperidine rings is 1. The molecule has 0 spiro atoms. The third kappa shape index (κ3) is 7.01. The molecule has 1 aliphatic rings. The van der Waals surface area contributed by atoms with Crippen LogP contribution in [0.4, 0.5) is 8.78 Å². The van der Waals surface area contributed by atoms with Crippen LogP contribution >= 0.6 is 0 Å². The SMILES string of the molecule is CC(C)NC(=O)CN1CCC(C(F)(F)CCOC(C)C)CC1. The molecule has 1 amide bonds. The van der Waals surface area contributed by atoms with Gasteiger partial charge in [-0.2, -0.15) is 0 Å². The van der Waals surface area contributed by atoms with Gasteiger partial charge in [-0.05, 0) is 53.6 Å². The fraction of sp³-hybridized carbons (Fsp3) is 0.938. The number of likely N-dealkylation sites (tertiary alicyclic amines) is 1. The molecule has 6 heteroatoms. The molecule has 1 N–H and O–H groups in total. The zero-order valence-corrected chi connectivity index (χ0v) is 14.2. The Bertz CT molecular complexity index is 341. The van der Waals surface area contributed by atoms with E-state index in [0.717, 1.165) is 0 Å². The van der Waals surface area contributed by atoms with Crippen LogP contribution in [-0.2, 0) is 9.53 Å². The highest BCUT2D eigenvalue weighted by Crippen LogP contribution is 2.35. The van der Waals surface area contributed by atoms with Gasteiger partial charge in [-0.25, -0.2) is 8.78 Å². The number of ether oxygens (including phenoxy) is 1. The Hall–Kier alpha value is -0.750. The summed E-state index contributed by atoms with van der Waals surface area (Å²) in [6.45, 7) is 9.01. The first kappa shape index (κ1) is 19.3. The van der Waals surface area contributed by atoms with Crippen LogP contribution < -0.4 is 5.32 Å². The number of alkyl halides is 2. The molecule has 0 aromatic carbocycles. The summed E-state index contributed by atoms with van der Waals surface area (Å²) in [5.74, 6) is -3.32. The standard InChI is InChI=1S/C16H30F2N2O2/c1-12(2)19-15(21)11-20-8-5-14(6-9-20)16(17,18)7-10-22-13(3)4/h12-14H,5-11H2,1-4H3,(H,19,21). The number of hydrogen-bond donors (Lipinski definition) is 1. The average Bonchev–Trinajstić information content (AvgIpc) is 2.37. The highest BCUT2D eigenvalue weighted by molar-refractivity contribution is 5.78. The lowest BCUT2D eigenvalue weighted by Crippen LogP contribution is -2.46. The largest absolute Gasteiger partial charge is 0.379 e. The number of hydrogen-bond acceptors (Lipinski definition) is 3. The molecule has 1 rings (SSSR count). The zero-order valence-electron chi connectivity index (χ0n) is 14.2. The monoisotopic (exact) mass is 320 g/mol. The minimum atomic E-state index is -2.68. The highest BCUT2D eigenvalue weighted by atomic mass is 19.3. The van der Waals surface area contributed by atoms with Crippen LogP contribution in [0.25, 0.3) is 0 Å². The summed E-state index contributed by atoms with van der Waals surface area (Å²) in [5, 5.41) is 2.82. The second-order valence-corrected chi connectivity index (χ2v) is 6.70. The van der Waals surface area contributed by atoms with Gasteiger partial charge in [-0.1, -0.05) is 0 Å². The summed E-state index contributed by atoms with van der Waals surface area (Å²) >= 11 is 0. The first-order valence-electron chi connectivity index (χ1n) is 8.22. The van der Waals surface area contributed by atoms with Crippen molar-refractivity contribution in [2.75, 3.05) is 26.2 Å². The molecule has 0 saturated carbocycles. The number of amides is 1. The van der Waals surface area contributed by atoms with Crippen molar-refractivity contribution in [2.24, 2.45) is 5.92 Å². The van der Waals surface area contributed by atoms with Crippen LogP contribution in [0.2, 0.25) is 0 Å². The van der Waals surface area contributed by atoms with Gasteiger partial charge < -0.3 is 10.1 Å². The van der Waals surface area contributed by atoms with Crippen molar-refractivity contribution in [3.63, 3.8) is 0 Å². The smallest absolute Gasteiger partial charge is 0.253 e. The number of halogens is 2. The van der Waals surface area contributed by atoms with Gasteiger partial charge in [0.1, 0.15) is 0 Å². The molecule has 1 saturated heterocycles. The summed E-state index contributed by atoms with van der Waals surface area (Å²) in [5.41, 5.74) is 0. The van der Waals surface area contributed by atoms with E-state index in [2.05, 4.69) is 5.32 Å². The van der Waals surface area contributed by atoms with Crippen molar-refractivity contribution in [1.82, 2.24) is 10.2 Å². The van der Waals surface area contributed by atoms with E-state index in [0.29, 0.717) is 32.5 Å². The van der Waals surface area contributed by atoms with Crippen LogP contribution in [0.3, 0.4) is 0 Å². The van der Waals surface area contributed by atoms with E-state index in [1.165, 1.54) is 0 Å². The molecule has 1 aliphatic heterocycles. The molecule has 4 nitrogen and oxygen atoms in total. The van der Waals surface area contributed by atoms with E-state index in [4.69, 9.17) is 4.74 Å². The number of carbonyl (C=O) groups is 1. The quantitative estimate of drug-likeness (QED) is 0.747. The number of rotatable bonds is 8. The van der Waals surface area contributed by atoms with Gasteiger partial charge in [0.25, 0.3) is 5.92 Å². The van der Waals surface area contributed by atoms with E-state index in [1.54, 1.807) is 0 Å². The van der Waals surface area contributed by atoms with E-state index in [9.17, 15) is 13.6 Å². The van der Waals surface area contributed by atoms with Crippen molar-refractivity contribution in [2.45, 2.75) is 65.0 Å². The molecule has 0 aliphatic carbocycles. The third-order valence-corrected chi connectivity index (χ3v) is 3.89. The van der Waals surface area contributed by atoms with Crippen LogP contribution in [0, 0.1) is 5.92 Å². The van der Waals surface area contributed by atoms with Gasteiger partial charge in [0.2, 0.25) is 5.91 Å². The number of carbonyl (C=O) groups excluding carboxylic acids is 1. The molecular weight excluding hydrogens is 290 g/mol. The summed E-state index contributed by atoms with van der Waals surface area (Å²) in [6, 6.07) is 0.107. The predicted octanol–water partition coefficient (Wildman–Crippen LogP) is 2.67. The first-order chi connectivity index (χ1) is 10.2. The Balaban J connectivity index is 2.32. The maximum absolute atomic E-state index is 14.1. The van der Waals surface area contributed by atoms with Crippen molar-refractivity contribution in [3.8, 4) is 0 Å². The Morgan fingerprint density at radius 1 is 1.27 bits per heavy atom. The van der Waals surface area contributed by atoms with Gasteiger partial charge in [-0.15, -0.1) is 0 Å². The van der Waals surface area contributed by atoms with Crippen LogP contribution in [0.1, 0.15) is 47.0 Å². The minimum absolute atomic E-state index is 0.0166. The second-order valence-electron chi connectivity index (χ2n) is 6.70. The summed E-state index contributed by atoms with van der Waals surface area (Å²) in [7, 11) is 0. The van der Waals surface area contributed by atoms with E-state index >= 15 is 0 Å². The molecule has 0 unspecified atom stereocenters. The zero-order chi connectivity index (χ0) is 16.8. The van der Waals surface area contributed by atoms with Crippen LogP contribution in [0.5, 0.6) is 0 Å². The third-order valence-electron chi connectivity index (χ3n) is 3.89. The highest BCUT2D eigenvalue weighted by Gasteiger charge is 2.40. The fourth-order valence-corrected chi connectivity index (χ4v) is 2.72. The molecule has 0 bridgehead atoms. The second kappa shape index (κ2) is 8.77. The molecular formula is C16H30F2N2O2. The Labute approximate surface area is 132 Å². The van der Waals surface area contributed by atoms with E-state index in [1.807, 2.05) is 32.6 Å². The summed E-state index contributed by atoms with van der Waals surface area (Å²) < 4.78 is 33.5.